The van der Waals surface area contributed by atoms with Crippen molar-refractivity contribution in [1.29, 1.82) is 0 Å². The molecule has 0 aliphatic heterocycles. The van der Waals surface area contributed by atoms with Crippen LogP contribution < -0.4 is 5.32 Å². The van der Waals surface area contributed by atoms with Crippen LogP contribution in [0.5, 0.6) is 0 Å². The molecule has 1 aromatic rings. The van der Waals surface area contributed by atoms with Gasteiger partial charge >= 0.3 is 0 Å². The van der Waals surface area contributed by atoms with Crippen molar-refractivity contribution in [3.8, 4) is 0 Å². The van der Waals surface area contributed by atoms with Gasteiger partial charge in [-0.25, -0.2) is 0 Å². The number of unbranched alkanes of at least 4 members (excludes halogenated alkanes) is 1. The van der Waals surface area contributed by atoms with Crippen molar-refractivity contribution in [2.45, 2.75) is 33.1 Å². The number of nitrogens with zero attached hydrogens (tertiary/aromatic N) is 1. The van der Waals surface area contributed by atoms with Crippen LogP contribution in [0.4, 0.5) is 5.69 Å². The van der Waals surface area contributed by atoms with Gasteiger partial charge in [0.2, 0.25) is 5.91 Å². The lowest BCUT2D eigenvalue weighted by molar-refractivity contribution is -0.116. The van der Waals surface area contributed by atoms with Gasteiger partial charge in [0, 0.05) is 23.1 Å². The van der Waals surface area contributed by atoms with Crippen LogP contribution >= 0.6 is 15.9 Å². The third-order valence-corrected chi connectivity index (χ3v) is 3.92. The highest BCUT2D eigenvalue weighted by atomic mass is 79.9. The average molecular weight is 327 g/mol. The van der Waals surface area contributed by atoms with Gasteiger partial charge in [-0.05, 0) is 44.6 Å². The van der Waals surface area contributed by atoms with Crippen LogP contribution in [0.25, 0.3) is 0 Å². The summed E-state index contributed by atoms with van der Waals surface area (Å²) in [5.41, 5.74) is 2.01. The predicted octanol–water partition coefficient (Wildman–Crippen LogP) is 3.82. The van der Waals surface area contributed by atoms with E-state index >= 15 is 0 Å². The van der Waals surface area contributed by atoms with E-state index in [4.69, 9.17) is 0 Å². The molecule has 1 amide bonds. The number of carbonyl (C=O) groups is 1. The Morgan fingerprint density at radius 1 is 1.37 bits per heavy atom. The van der Waals surface area contributed by atoms with Gasteiger partial charge < -0.3 is 10.2 Å². The molecule has 106 valence electrons. The van der Waals surface area contributed by atoms with E-state index in [2.05, 4.69) is 40.1 Å². The Balaban J connectivity index is 2.36. The molecule has 1 N–H and O–H groups in total. The summed E-state index contributed by atoms with van der Waals surface area (Å²) < 4.78 is 1.02. The third kappa shape index (κ3) is 6.21. The summed E-state index contributed by atoms with van der Waals surface area (Å²) in [5.74, 6) is 0.0686. The predicted molar refractivity (Wildman–Crippen MR) is 84.5 cm³/mol. The molecule has 0 bridgehead atoms. The fourth-order valence-electron chi connectivity index (χ4n) is 1.73. The van der Waals surface area contributed by atoms with Crippen molar-refractivity contribution in [2.75, 3.05) is 25.5 Å². The standard InChI is InChI=1S/C15H23BrN2O/c1-4-5-9-18(3)10-8-15(19)17-13-7-6-12(2)14(16)11-13/h6-7,11H,4-5,8-10H2,1-3H3,(H,17,19). The number of aryl methyl sites for hydroxylation is 1. The Morgan fingerprint density at radius 2 is 2.11 bits per heavy atom. The molecule has 0 fully saturated rings. The van der Waals surface area contributed by atoms with Crippen molar-refractivity contribution in [2.24, 2.45) is 0 Å². The Bertz CT molecular complexity index is 421. The first kappa shape index (κ1) is 16.2. The summed E-state index contributed by atoms with van der Waals surface area (Å²) in [5, 5.41) is 2.93. The van der Waals surface area contributed by atoms with E-state index in [1.807, 2.05) is 25.1 Å². The number of benzene rings is 1. The Kier molecular flexibility index (Phi) is 7.10. The third-order valence-electron chi connectivity index (χ3n) is 3.07. The van der Waals surface area contributed by atoms with Gasteiger partial charge in [0.05, 0.1) is 0 Å². The maximum Gasteiger partial charge on any atom is 0.225 e. The Hall–Kier alpha value is -0.870. The lowest BCUT2D eigenvalue weighted by Crippen LogP contribution is -2.25. The molecule has 0 radical (unpaired) electrons. The largest absolute Gasteiger partial charge is 0.326 e. The van der Waals surface area contributed by atoms with Gasteiger partial charge in [-0.1, -0.05) is 35.3 Å². The van der Waals surface area contributed by atoms with Crippen molar-refractivity contribution in [3.63, 3.8) is 0 Å². The van der Waals surface area contributed by atoms with E-state index in [9.17, 15) is 4.79 Å². The van der Waals surface area contributed by atoms with Crippen LogP contribution in [0.15, 0.2) is 22.7 Å². The summed E-state index contributed by atoms with van der Waals surface area (Å²) >= 11 is 3.47. The molecular formula is C15H23BrN2O. The highest BCUT2D eigenvalue weighted by Gasteiger charge is 2.05. The van der Waals surface area contributed by atoms with Crippen LogP contribution in [0, 0.1) is 6.92 Å². The van der Waals surface area contributed by atoms with Gasteiger partial charge in [0.25, 0.3) is 0 Å². The number of carbonyl (C=O) groups excluding carboxylic acids is 1. The zero-order valence-corrected chi connectivity index (χ0v) is 13.6. The fourth-order valence-corrected chi connectivity index (χ4v) is 2.11. The van der Waals surface area contributed by atoms with Crippen LogP contribution in [0.3, 0.4) is 0 Å². The quantitative estimate of drug-likeness (QED) is 0.826. The Morgan fingerprint density at radius 3 is 2.74 bits per heavy atom. The van der Waals surface area contributed by atoms with Crippen LogP contribution in [-0.4, -0.2) is 30.9 Å². The van der Waals surface area contributed by atoms with Crippen molar-refractivity contribution >= 4 is 27.5 Å². The number of hydrogen-bond acceptors (Lipinski definition) is 2. The summed E-state index contributed by atoms with van der Waals surface area (Å²) in [6.07, 6.45) is 2.91. The lowest BCUT2D eigenvalue weighted by Gasteiger charge is -2.15. The van der Waals surface area contributed by atoms with Gasteiger partial charge in [-0.2, -0.15) is 0 Å². The van der Waals surface area contributed by atoms with E-state index in [1.165, 1.54) is 12.8 Å². The van der Waals surface area contributed by atoms with E-state index < -0.39 is 0 Å². The second kappa shape index (κ2) is 8.33. The number of rotatable bonds is 7. The minimum atomic E-state index is 0.0686. The van der Waals surface area contributed by atoms with E-state index in [0.29, 0.717) is 6.42 Å². The summed E-state index contributed by atoms with van der Waals surface area (Å²) in [4.78, 5) is 14.0. The molecule has 0 heterocycles. The minimum absolute atomic E-state index is 0.0686. The first-order valence-corrected chi connectivity index (χ1v) is 7.56. The summed E-state index contributed by atoms with van der Waals surface area (Å²) in [7, 11) is 2.06. The molecule has 0 atom stereocenters. The zero-order chi connectivity index (χ0) is 14.3. The summed E-state index contributed by atoms with van der Waals surface area (Å²) in [6, 6.07) is 5.86. The van der Waals surface area contributed by atoms with Gasteiger partial charge in [-0.3, -0.25) is 4.79 Å². The Labute approximate surface area is 124 Å². The van der Waals surface area contributed by atoms with Crippen molar-refractivity contribution < 1.29 is 4.79 Å². The van der Waals surface area contributed by atoms with Gasteiger partial charge in [0.15, 0.2) is 0 Å². The van der Waals surface area contributed by atoms with Gasteiger partial charge in [-0.15, -0.1) is 0 Å². The van der Waals surface area contributed by atoms with E-state index in [0.717, 1.165) is 28.8 Å². The van der Waals surface area contributed by atoms with Gasteiger partial charge in [0.1, 0.15) is 0 Å². The molecule has 0 saturated heterocycles. The molecule has 4 heteroatoms. The first-order valence-electron chi connectivity index (χ1n) is 6.77. The molecule has 0 aliphatic rings. The van der Waals surface area contributed by atoms with Crippen LogP contribution in [-0.2, 0) is 4.79 Å². The fraction of sp³-hybridized carbons (Fsp3) is 0.533. The number of amides is 1. The molecule has 0 aromatic heterocycles. The number of hydrogen-bond donors (Lipinski definition) is 1. The lowest BCUT2D eigenvalue weighted by atomic mass is 10.2. The van der Waals surface area contributed by atoms with E-state index in [1.54, 1.807) is 0 Å². The van der Waals surface area contributed by atoms with Crippen LogP contribution in [0.2, 0.25) is 0 Å². The number of anilines is 1. The smallest absolute Gasteiger partial charge is 0.225 e. The van der Waals surface area contributed by atoms with E-state index in [-0.39, 0.29) is 5.91 Å². The topological polar surface area (TPSA) is 32.3 Å². The molecular weight excluding hydrogens is 304 g/mol. The van der Waals surface area contributed by atoms with Crippen LogP contribution in [0.1, 0.15) is 31.7 Å². The molecule has 0 spiro atoms. The van der Waals surface area contributed by atoms with Crippen molar-refractivity contribution in [3.05, 3.63) is 28.2 Å². The number of halogens is 1. The second-order valence-electron chi connectivity index (χ2n) is 4.92. The SMILES string of the molecule is CCCCN(C)CCC(=O)Nc1ccc(C)c(Br)c1. The minimum Gasteiger partial charge on any atom is -0.326 e. The molecule has 0 aliphatic carbocycles. The normalized spacial score (nSPS) is 10.8. The molecule has 3 nitrogen and oxygen atoms in total. The number of nitrogens with one attached hydrogen (secondary N) is 1. The molecule has 19 heavy (non-hydrogen) atoms. The first-order chi connectivity index (χ1) is 9.02. The monoisotopic (exact) mass is 326 g/mol. The average Bonchev–Trinajstić information content (AvgIpc) is 2.38. The molecule has 1 aromatic carbocycles. The highest BCUT2D eigenvalue weighted by molar-refractivity contribution is 9.10. The maximum absolute atomic E-state index is 11.8. The van der Waals surface area contributed by atoms with Crippen molar-refractivity contribution in [1.82, 2.24) is 4.90 Å². The molecule has 0 saturated carbocycles. The maximum atomic E-state index is 11.8. The summed E-state index contributed by atoms with van der Waals surface area (Å²) in [6.45, 7) is 6.06. The molecule has 0 unspecified atom stereocenters. The second-order valence-corrected chi connectivity index (χ2v) is 5.77. The zero-order valence-electron chi connectivity index (χ0n) is 12.0. The molecule has 1 rings (SSSR count). The highest BCUT2D eigenvalue weighted by Crippen LogP contribution is 2.20.